The van der Waals surface area contributed by atoms with Crippen LogP contribution in [0.25, 0.3) is 0 Å². The van der Waals surface area contributed by atoms with E-state index in [2.05, 4.69) is 14.5 Å². The van der Waals surface area contributed by atoms with Crippen LogP contribution in [-0.2, 0) is 6.54 Å². The van der Waals surface area contributed by atoms with Crippen LogP contribution in [0.1, 0.15) is 23.3 Å². The van der Waals surface area contributed by atoms with E-state index in [-0.39, 0.29) is 24.7 Å². The van der Waals surface area contributed by atoms with E-state index in [1.807, 2.05) is 6.92 Å². The summed E-state index contributed by atoms with van der Waals surface area (Å²) in [5.74, 6) is 9.96. The molecule has 0 bridgehead atoms. The number of aromatic carboxylic acids is 1. The molecule has 0 saturated carbocycles. The zero-order chi connectivity index (χ0) is 14.8. The van der Waals surface area contributed by atoms with Gasteiger partial charge in [0.05, 0.1) is 13.1 Å². The number of oxazole rings is 1. The third kappa shape index (κ3) is 5.81. The Hall–Kier alpha value is -2.17. The van der Waals surface area contributed by atoms with Crippen LogP contribution in [0.2, 0.25) is 0 Å². The number of carbonyl (C=O) groups is 1. The number of likely N-dealkylation sites (N-methyl/N-ethyl adjacent to an activating group) is 1. The Morgan fingerprint density at radius 1 is 1.58 bits per heavy atom. The molecule has 1 aromatic heterocycles. The number of carboxylic acid groups (broad SMARTS) is 1. The maximum Gasteiger partial charge on any atom is 0.357 e. The summed E-state index contributed by atoms with van der Waals surface area (Å²) in [7, 11) is 0. The van der Waals surface area contributed by atoms with Crippen LogP contribution in [-0.4, -0.2) is 40.0 Å². The average Bonchev–Trinajstić information content (AvgIpc) is 2.89. The zero-order valence-electron chi connectivity index (χ0n) is 10.6. The predicted octanol–water partition coefficient (Wildman–Crippen LogP) is -1.76. The first-order valence-electron chi connectivity index (χ1n) is 5.36. The number of aromatic nitrogens is 1. The minimum absolute atomic E-state index is 0.111. The number of hydrazine groups is 1. The van der Waals surface area contributed by atoms with E-state index < -0.39 is 5.97 Å². The predicted molar refractivity (Wildman–Crippen MR) is 68.6 cm³/mol. The van der Waals surface area contributed by atoms with Gasteiger partial charge in [-0.1, -0.05) is 0 Å². The molecule has 0 fully saturated rings. The Balaban J connectivity index is 0.000000344. The molecule has 1 rings (SSSR count). The Labute approximate surface area is 110 Å². The fourth-order valence-electron chi connectivity index (χ4n) is 0.930. The molecule has 10 heteroatoms. The van der Waals surface area contributed by atoms with Crippen molar-refractivity contribution in [3.8, 4) is 0 Å². The van der Waals surface area contributed by atoms with Crippen molar-refractivity contribution in [1.82, 2.24) is 9.99 Å². The van der Waals surface area contributed by atoms with E-state index in [0.29, 0.717) is 12.4 Å². The number of hydrogen-bond donors (Lipinski definition) is 5. The van der Waals surface area contributed by atoms with E-state index in [9.17, 15) is 4.79 Å². The molecule has 9 N–H and O–H groups in total. The molecule has 1 heterocycles. The summed E-state index contributed by atoms with van der Waals surface area (Å²) in [6, 6.07) is 0. The third-order valence-electron chi connectivity index (χ3n) is 1.95. The van der Waals surface area contributed by atoms with Gasteiger partial charge in [-0.05, 0) is 6.92 Å². The second kappa shape index (κ2) is 8.85. The highest BCUT2D eigenvalue weighted by Crippen LogP contribution is 1.99. The first kappa shape index (κ1) is 16.8. The lowest BCUT2D eigenvalue weighted by atomic mass is 10.5. The van der Waals surface area contributed by atoms with E-state index in [0.717, 1.165) is 6.26 Å². The largest absolute Gasteiger partial charge is 0.476 e. The summed E-state index contributed by atoms with van der Waals surface area (Å²) >= 11 is 0. The molecular formula is C9H19N7O3. The minimum Gasteiger partial charge on any atom is -0.476 e. The Kier molecular flexibility index (Phi) is 7.84. The average molecular weight is 273 g/mol. The SMILES string of the molecule is CCN(N)/C(CN)=N\N.NCc1nc(C(=O)O)co1. The normalized spacial score (nSPS) is 10.6. The first-order chi connectivity index (χ1) is 8.99. The highest BCUT2D eigenvalue weighted by Gasteiger charge is 2.07. The molecule has 0 aliphatic rings. The maximum absolute atomic E-state index is 10.2. The van der Waals surface area contributed by atoms with Gasteiger partial charge < -0.3 is 26.8 Å². The van der Waals surface area contributed by atoms with Gasteiger partial charge in [-0.15, -0.1) is 0 Å². The third-order valence-corrected chi connectivity index (χ3v) is 1.95. The number of hydrazone groups is 1. The lowest BCUT2D eigenvalue weighted by molar-refractivity contribution is 0.0690. The minimum atomic E-state index is -1.11. The molecule has 0 aliphatic carbocycles. The van der Waals surface area contributed by atoms with Gasteiger partial charge in [-0.2, -0.15) is 5.10 Å². The van der Waals surface area contributed by atoms with E-state index in [1.54, 1.807) is 0 Å². The fourth-order valence-corrected chi connectivity index (χ4v) is 0.930. The van der Waals surface area contributed by atoms with Crippen molar-refractivity contribution >= 4 is 11.8 Å². The number of nitrogens with zero attached hydrogens (tertiary/aromatic N) is 3. The lowest BCUT2D eigenvalue weighted by Crippen LogP contribution is -2.41. The number of hydrogen-bond acceptors (Lipinski definition) is 8. The van der Waals surface area contributed by atoms with Gasteiger partial charge in [0.15, 0.2) is 11.5 Å². The van der Waals surface area contributed by atoms with E-state index >= 15 is 0 Å². The van der Waals surface area contributed by atoms with Crippen molar-refractivity contribution in [2.45, 2.75) is 13.5 Å². The standard InChI is InChI=1S/C5H6N2O3.C4H13N5/c6-1-4-7-3(2-10-4)5(8)9;1-2-9(7)4(3-5)8-6/h2H,1,6H2,(H,8,9);2-3,5-7H2,1H3/b;8-4-. The lowest BCUT2D eigenvalue weighted by Gasteiger charge is -2.15. The van der Waals surface area contributed by atoms with Gasteiger partial charge in [0, 0.05) is 6.54 Å². The van der Waals surface area contributed by atoms with Crippen molar-refractivity contribution in [2.24, 2.45) is 28.3 Å². The van der Waals surface area contributed by atoms with Gasteiger partial charge in [-0.25, -0.2) is 15.6 Å². The molecule has 0 unspecified atom stereocenters. The summed E-state index contributed by atoms with van der Waals surface area (Å²) in [6.45, 7) is 2.95. The molecule has 19 heavy (non-hydrogen) atoms. The number of rotatable bonds is 4. The van der Waals surface area contributed by atoms with Gasteiger partial charge in [0.2, 0.25) is 5.89 Å². The van der Waals surface area contributed by atoms with Crippen molar-refractivity contribution in [3.63, 3.8) is 0 Å². The molecular weight excluding hydrogens is 254 g/mol. The zero-order valence-corrected chi connectivity index (χ0v) is 10.6. The Bertz CT molecular complexity index is 418. The van der Waals surface area contributed by atoms with Crippen LogP contribution in [0.4, 0.5) is 0 Å². The molecule has 1 aromatic rings. The van der Waals surface area contributed by atoms with Crippen LogP contribution in [0.5, 0.6) is 0 Å². The summed E-state index contributed by atoms with van der Waals surface area (Å²) in [4.78, 5) is 13.7. The summed E-state index contributed by atoms with van der Waals surface area (Å²) in [5, 5.41) is 13.1. The fraction of sp³-hybridized carbons (Fsp3) is 0.444. The smallest absolute Gasteiger partial charge is 0.357 e. The highest BCUT2D eigenvalue weighted by atomic mass is 16.4. The van der Waals surface area contributed by atoms with Gasteiger partial charge in [0.25, 0.3) is 0 Å². The second-order valence-corrected chi connectivity index (χ2v) is 3.17. The van der Waals surface area contributed by atoms with Gasteiger partial charge >= 0.3 is 5.97 Å². The highest BCUT2D eigenvalue weighted by molar-refractivity contribution is 5.84. The van der Waals surface area contributed by atoms with Crippen molar-refractivity contribution < 1.29 is 14.3 Å². The van der Waals surface area contributed by atoms with Crippen LogP contribution in [0.15, 0.2) is 15.8 Å². The molecule has 108 valence electrons. The quantitative estimate of drug-likeness (QED) is 0.183. The topological polar surface area (TPSA) is 183 Å². The molecule has 10 nitrogen and oxygen atoms in total. The van der Waals surface area contributed by atoms with Crippen LogP contribution >= 0.6 is 0 Å². The van der Waals surface area contributed by atoms with Crippen LogP contribution in [0, 0.1) is 0 Å². The van der Waals surface area contributed by atoms with E-state index in [1.165, 1.54) is 5.01 Å². The van der Waals surface area contributed by atoms with Crippen LogP contribution < -0.4 is 23.2 Å². The molecule has 0 spiro atoms. The Morgan fingerprint density at radius 2 is 2.21 bits per heavy atom. The maximum atomic E-state index is 10.2. The molecule has 0 aliphatic heterocycles. The van der Waals surface area contributed by atoms with Crippen molar-refractivity contribution in [1.29, 1.82) is 0 Å². The molecule has 0 amide bonds. The van der Waals surface area contributed by atoms with Gasteiger partial charge in [0.1, 0.15) is 6.26 Å². The monoisotopic (exact) mass is 273 g/mol. The van der Waals surface area contributed by atoms with Crippen molar-refractivity contribution in [3.05, 3.63) is 17.8 Å². The first-order valence-corrected chi connectivity index (χ1v) is 5.36. The number of nitrogens with two attached hydrogens (primary N) is 4. The van der Waals surface area contributed by atoms with Crippen molar-refractivity contribution in [2.75, 3.05) is 13.1 Å². The number of amidine groups is 1. The molecule has 0 aromatic carbocycles. The van der Waals surface area contributed by atoms with Crippen LogP contribution in [0.3, 0.4) is 0 Å². The summed E-state index contributed by atoms with van der Waals surface area (Å²) in [6.07, 6.45) is 1.06. The number of carboxylic acids is 1. The molecule has 0 radical (unpaired) electrons. The summed E-state index contributed by atoms with van der Waals surface area (Å²) < 4.78 is 4.66. The second-order valence-electron chi connectivity index (χ2n) is 3.17. The summed E-state index contributed by atoms with van der Waals surface area (Å²) in [5.41, 5.74) is 10.2. The molecule has 0 atom stereocenters. The Morgan fingerprint density at radius 3 is 2.42 bits per heavy atom. The molecule has 0 saturated heterocycles. The van der Waals surface area contributed by atoms with Gasteiger partial charge in [-0.3, -0.25) is 5.01 Å². The van der Waals surface area contributed by atoms with E-state index in [4.69, 9.17) is 28.3 Å².